The van der Waals surface area contributed by atoms with Gasteiger partial charge in [-0.1, -0.05) is 60.1 Å². The Hall–Kier alpha value is -5.70. The second-order valence-electron chi connectivity index (χ2n) is 9.31. The van der Waals surface area contributed by atoms with E-state index in [1.807, 2.05) is 60.7 Å². The molecule has 186 valence electrons. The third kappa shape index (κ3) is 6.05. The van der Waals surface area contributed by atoms with Gasteiger partial charge in [-0.25, -0.2) is 0 Å². The largest absolute Gasteiger partial charge is 0.210 e. The van der Waals surface area contributed by atoms with Crippen molar-refractivity contribution in [2.24, 2.45) is 0 Å². The highest BCUT2D eigenvalue weighted by molar-refractivity contribution is 5.61. The lowest BCUT2D eigenvalue weighted by atomic mass is 10.1. The Morgan fingerprint density at radius 1 is 0.300 bits per heavy atom. The fourth-order valence-electron chi connectivity index (χ4n) is 4.35. The van der Waals surface area contributed by atoms with Crippen molar-refractivity contribution in [3.05, 3.63) is 181 Å². The van der Waals surface area contributed by atoms with Gasteiger partial charge in [0.2, 0.25) is 11.4 Å². The maximum Gasteiger partial charge on any atom is 0.210 e. The molecule has 0 aliphatic heterocycles. The monoisotopic (exact) mass is 510 g/mol. The lowest BCUT2D eigenvalue weighted by molar-refractivity contribution is -0.596. The maximum atomic E-state index is 3.23. The van der Waals surface area contributed by atoms with E-state index in [2.05, 4.69) is 130 Å². The number of hydrogen-bond acceptors (Lipinski definition) is 0. The molecule has 0 unspecified atom stereocenters. The molecule has 0 radical (unpaired) electrons. The lowest BCUT2D eigenvalue weighted by Crippen LogP contribution is -2.29. The SMILES string of the molecule is C(#Cc1ccc(-[n+]2ccc(-c3cc[n+](-c4ccc(C#Cc5ccccc5)cc4)cc3)cc2)cc1)c1ccccc1. The van der Waals surface area contributed by atoms with Crippen LogP contribution in [0.1, 0.15) is 22.3 Å². The van der Waals surface area contributed by atoms with Crippen LogP contribution in [0.3, 0.4) is 0 Å². The minimum absolute atomic E-state index is 0.997. The summed E-state index contributed by atoms with van der Waals surface area (Å²) in [4.78, 5) is 0. The van der Waals surface area contributed by atoms with Crippen molar-refractivity contribution in [1.29, 1.82) is 0 Å². The molecule has 0 aliphatic rings. The van der Waals surface area contributed by atoms with Crippen molar-refractivity contribution in [1.82, 2.24) is 0 Å². The Bertz CT molecular complexity index is 1690. The molecule has 0 saturated carbocycles. The summed E-state index contributed by atoms with van der Waals surface area (Å²) >= 11 is 0. The van der Waals surface area contributed by atoms with Crippen molar-refractivity contribution in [2.75, 3.05) is 0 Å². The molecule has 2 heterocycles. The Morgan fingerprint density at radius 2 is 0.600 bits per heavy atom. The van der Waals surface area contributed by atoms with Gasteiger partial charge >= 0.3 is 0 Å². The fourth-order valence-corrected chi connectivity index (χ4v) is 4.35. The molecule has 4 aromatic carbocycles. The maximum absolute atomic E-state index is 3.23. The van der Waals surface area contributed by atoms with Gasteiger partial charge in [-0.3, -0.25) is 0 Å². The highest BCUT2D eigenvalue weighted by Crippen LogP contribution is 2.17. The van der Waals surface area contributed by atoms with Crippen LogP contribution >= 0.6 is 0 Å². The molecule has 2 aromatic heterocycles. The summed E-state index contributed by atoms with van der Waals surface area (Å²) in [6, 6.07) is 45.3. The molecule has 0 fully saturated rings. The Labute approximate surface area is 235 Å². The van der Waals surface area contributed by atoms with Crippen LogP contribution in [-0.2, 0) is 0 Å². The van der Waals surface area contributed by atoms with Gasteiger partial charge in [-0.15, -0.1) is 0 Å². The van der Waals surface area contributed by atoms with Gasteiger partial charge in [-0.2, -0.15) is 9.13 Å². The van der Waals surface area contributed by atoms with E-state index in [1.165, 1.54) is 11.1 Å². The Kier molecular flexibility index (Phi) is 7.25. The first-order valence-electron chi connectivity index (χ1n) is 13.2. The molecule has 0 aliphatic carbocycles. The van der Waals surface area contributed by atoms with E-state index >= 15 is 0 Å². The van der Waals surface area contributed by atoms with Crippen LogP contribution in [-0.4, -0.2) is 0 Å². The summed E-state index contributed by atoms with van der Waals surface area (Å²) in [5.74, 6) is 12.9. The number of pyridine rings is 2. The van der Waals surface area contributed by atoms with Crippen LogP contribution in [0, 0.1) is 23.7 Å². The average Bonchev–Trinajstić information content (AvgIpc) is 3.04. The first kappa shape index (κ1) is 24.6. The van der Waals surface area contributed by atoms with Crippen molar-refractivity contribution in [2.45, 2.75) is 0 Å². The summed E-state index contributed by atoms with van der Waals surface area (Å²) in [6.07, 6.45) is 8.37. The summed E-state index contributed by atoms with van der Waals surface area (Å²) in [6.45, 7) is 0. The topological polar surface area (TPSA) is 7.76 Å². The summed E-state index contributed by atoms with van der Waals surface area (Å²) < 4.78 is 4.23. The van der Waals surface area contributed by atoms with Crippen LogP contribution in [0.5, 0.6) is 0 Å². The van der Waals surface area contributed by atoms with Crippen molar-refractivity contribution in [3.63, 3.8) is 0 Å². The van der Waals surface area contributed by atoms with E-state index in [4.69, 9.17) is 0 Å². The summed E-state index contributed by atoms with van der Waals surface area (Å²) in [5.41, 5.74) is 8.56. The highest BCUT2D eigenvalue weighted by atomic mass is 14.9. The van der Waals surface area contributed by atoms with Crippen LogP contribution in [0.2, 0.25) is 0 Å². The standard InChI is InChI=1S/C38H26N2/c1-3-7-31(8-4-1)11-13-33-15-19-37(20-16-33)39-27-23-35(24-28-39)36-25-29-40(30-26-36)38-21-17-34(18-22-38)14-12-32-9-5-2-6-10-32/h1-10,15-30H/q+2. The van der Waals surface area contributed by atoms with Crippen LogP contribution < -0.4 is 9.13 Å². The smallest absolute Gasteiger partial charge is 0.167 e. The van der Waals surface area contributed by atoms with Gasteiger partial charge in [0.05, 0.1) is 0 Å². The zero-order valence-corrected chi connectivity index (χ0v) is 21.9. The first-order valence-corrected chi connectivity index (χ1v) is 13.2. The van der Waals surface area contributed by atoms with Crippen molar-refractivity contribution < 1.29 is 9.13 Å². The third-order valence-electron chi connectivity index (χ3n) is 6.57. The van der Waals surface area contributed by atoms with Gasteiger partial charge in [0.1, 0.15) is 0 Å². The Morgan fingerprint density at radius 3 is 0.925 bits per heavy atom. The van der Waals surface area contributed by atoms with E-state index in [-0.39, 0.29) is 0 Å². The second kappa shape index (κ2) is 11.8. The molecular formula is C38H26N2+2. The number of nitrogens with zero attached hydrogens (tertiary/aromatic N) is 2. The van der Waals surface area contributed by atoms with Gasteiger partial charge in [0.15, 0.2) is 24.8 Å². The lowest BCUT2D eigenvalue weighted by Gasteiger charge is -2.02. The summed E-state index contributed by atoms with van der Waals surface area (Å²) in [5, 5.41) is 0. The molecule has 0 spiro atoms. The van der Waals surface area contributed by atoms with Gasteiger partial charge in [0.25, 0.3) is 0 Å². The van der Waals surface area contributed by atoms with E-state index in [9.17, 15) is 0 Å². The Balaban J connectivity index is 1.12. The second-order valence-corrected chi connectivity index (χ2v) is 9.31. The molecule has 0 amide bonds. The van der Waals surface area contributed by atoms with Crippen LogP contribution in [0.4, 0.5) is 0 Å². The van der Waals surface area contributed by atoms with Crippen molar-refractivity contribution in [3.8, 4) is 46.2 Å². The normalized spacial score (nSPS) is 10.1. The van der Waals surface area contributed by atoms with Crippen LogP contribution in [0.25, 0.3) is 22.5 Å². The zero-order chi connectivity index (χ0) is 27.0. The quantitative estimate of drug-likeness (QED) is 0.185. The molecule has 0 saturated heterocycles. The number of rotatable bonds is 3. The predicted octanol–water partition coefficient (Wildman–Crippen LogP) is 6.71. The van der Waals surface area contributed by atoms with E-state index in [1.54, 1.807) is 0 Å². The van der Waals surface area contributed by atoms with Gasteiger partial charge in [-0.05, 0) is 59.7 Å². The molecule has 0 N–H and O–H groups in total. The molecule has 6 aromatic rings. The molecule has 2 heteroatoms. The molecule has 6 rings (SSSR count). The van der Waals surface area contributed by atoms with Gasteiger partial charge in [0, 0.05) is 70.8 Å². The molecule has 40 heavy (non-hydrogen) atoms. The number of hydrogen-bond donors (Lipinski definition) is 0. The number of aromatic nitrogens is 2. The zero-order valence-electron chi connectivity index (χ0n) is 21.9. The number of benzene rings is 4. The van der Waals surface area contributed by atoms with Gasteiger partial charge < -0.3 is 0 Å². The minimum atomic E-state index is 0.997. The minimum Gasteiger partial charge on any atom is -0.167 e. The highest BCUT2D eigenvalue weighted by Gasteiger charge is 2.09. The molecular weight excluding hydrogens is 484 g/mol. The third-order valence-corrected chi connectivity index (χ3v) is 6.57. The average molecular weight is 511 g/mol. The summed E-state index contributed by atoms with van der Waals surface area (Å²) in [7, 11) is 0. The fraction of sp³-hybridized carbons (Fsp3) is 0. The van der Waals surface area contributed by atoms with Crippen molar-refractivity contribution >= 4 is 0 Å². The van der Waals surface area contributed by atoms with E-state index in [0.29, 0.717) is 0 Å². The molecule has 0 atom stereocenters. The molecule has 2 nitrogen and oxygen atoms in total. The van der Waals surface area contributed by atoms with Crippen LogP contribution in [0.15, 0.2) is 158 Å². The molecule has 0 bridgehead atoms. The predicted molar refractivity (Wildman–Crippen MR) is 160 cm³/mol. The first-order chi connectivity index (χ1) is 19.8. The van der Waals surface area contributed by atoms with E-state index < -0.39 is 0 Å². The van der Waals surface area contributed by atoms with E-state index in [0.717, 1.165) is 33.6 Å².